The number of benzene rings is 1. The third kappa shape index (κ3) is 1.42. The molecule has 2 aromatic rings. The standard InChI is InChI=1S/C11H11ClN2S/c1-6-4-9(6)14-10-5-7(12)2-3-8(10)13-11(14)15/h2-3,5-6,9H,4H2,1H3,(H,13,15). The van der Waals surface area contributed by atoms with Gasteiger partial charge in [-0.3, -0.25) is 0 Å². The van der Waals surface area contributed by atoms with E-state index >= 15 is 0 Å². The second-order valence-electron chi connectivity index (χ2n) is 4.24. The van der Waals surface area contributed by atoms with Gasteiger partial charge in [-0.15, -0.1) is 0 Å². The molecule has 2 atom stereocenters. The smallest absolute Gasteiger partial charge is 0.178 e. The van der Waals surface area contributed by atoms with Crippen molar-refractivity contribution in [3.63, 3.8) is 0 Å². The van der Waals surface area contributed by atoms with Crippen molar-refractivity contribution in [1.82, 2.24) is 9.55 Å². The molecule has 0 spiro atoms. The first kappa shape index (κ1) is 9.43. The van der Waals surface area contributed by atoms with E-state index in [1.165, 1.54) is 6.42 Å². The Labute approximate surface area is 97.9 Å². The molecule has 1 heterocycles. The van der Waals surface area contributed by atoms with E-state index in [1.807, 2.05) is 18.2 Å². The number of aromatic amines is 1. The first-order valence-corrected chi connectivity index (χ1v) is 5.85. The summed E-state index contributed by atoms with van der Waals surface area (Å²) in [6, 6.07) is 6.41. The van der Waals surface area contributed by atoms with Crippen LogP contribution in [0, 0.1) is 10.7 Å². The third-order valence-corrected chi connectivity index (χ3v) is 3.61. The maximum Gasteiger partial charge on any atom is 0.178 e. The van der Waals surface area contributed by atoms with Gasteiger partial charge in [-0.25, -0.2) is 0 Å². The molecular formula is C11H11ClN2S. The van der Waals surface area contributed by atoms with Crippen LogP contribution >= 0.6 is 23.8 Å². The molecule has 1 aromatic heterocycles. The molecule has 0 aliphatic heterocycles. The fourth-order valence-corrected chi connectivity index (χ4v) is 2.60. The van der Waals surface area contributed by atoms with Crippen molar-refractivity contribution in [2.24, 2.45) is 5.92 Å². The predicted octanol–water partition coefficient (Wildman–Crippen LogP) is 3.93. The van der Waals surface area contributed by atoms with Gasteiger partial charge in [-0.1, -0.05) is 18.5 Å². The zero-order valence-electron chi connectivity index (χ0n) is 8.33. The largest absolute Gasteiger partial charge is 0.331 e. The topological polar surface area (TPSA) is 20.7 Å². The van der Waals surface area contributed by atoms with Crippen LogP contribution in [0.25, 0.3) is 11.0 Å². The van der Waals surface area contributed by atoms with Crippen molar-refractivity contribution >= 4 is 34.9 Å². The Balaban J connectivity index is 2.31. The molecule has 1 N–H and O–H groups in total. The van der Waals surface area contributed by atoms with E-state index in [4.69, 9.17) is 23.8 Å². The van der Waals surface area contributed by atoms with Crippen molar-refractivity contribution in [2.45, 2.75) is 19.4 Å². The Hall–Kier alpha value is -0.800. The van der Waals surface area contributed by atoms with Gasteiger partial charge in [0.05, 0.1) is 11.0 Å². The second kappa shape index (κ2) is 3.09. The number of nitrogens with zero attached hydrogens (tertiary/aromatic N) is 1. The zero-order chi connectivity index (χ0) is 10.6. The summed E-state index contributed by atoms with van der Waals surface area (Å²) in [5, 5.41) is 0.763. The fraction of sp³-hybridized carbons (Fsp3) is 0.364. The molecule has 0 radical (unpaired) electrons. The third-order valence-electron chi connectivity index (χ3n) is 3.08. The molecule has 1 fully saturated rings. The number of hydrogen-bond donors (Lipinski definition) is 1. The average Bonchev–Trinajstić information content (AvgIpc) is 2.78. The highest BCUT2D eigenvalue weighted by molar-refractivity contribution is 7.71. The molecule has 0 bridgehead atoms. The summed E-state index contributed by atoms with van der Waals surface area (Å²) < 4.78 is 3.00. The SMILES string of the molecule is CC1CC1n1c(=S)[nH]c2ccc(Cl)cc21. The predicted molar refractivity (Wildman–Crippen MR) is 65.0 cm³/mol. The molecule has 1 saturated carbocycles. The minimum absolute atomic E-state index is 0.560. The second-order valence-corrected chi connectivity index (χ2v) is 5.07. The number of fused-ring (bicyclic) bond motifs is 1. The maximum atomic E-state index is 6.00. The van der Waals surface area contributed by atoms with Crippen LogP contribution in [0.4, 0.5) is 0 Å². The van der Waals surface area contributed by atoms with E-state index in [2.05, 4.69) is 16.5 Å². The van der Waals surface area contributed by atoms with Crippen molar-refractivity contribution in [1.29, 1.82) is 0 Å². The van der Waals surface area contributed by atoms with Gasteiger partial charge in [0.15, 0.2) is 4.77 Å². The number of aromatic nitrogens is 2. The molecule has 3 rings (SSSR count). The highest BCUT2D eigenvalue weighted by Gasteiger charge is 2.35. The Morgan fingerprint density at radius 1 is 1.53 bits per heavy atom. The highest BCUT2D eigenvalue weighted by atomic mass is 35.5. The van der Waals surface area contributed by atoms with Crippen molar-refractivity contribution in [3.8, 4) is 0 Å². The number of rotatable bonds is 1. The van der Waals surface area contributed by atoms with E-state index in [1.54, 1.807) is 0 Å². The number of H-pyrrole nitrogens is 1. The summed E-state index contributed by atoms with van der Waals surface area (Å²) >= 11 is 11.3. The summed E-state index contributed by atoms with van der Waals surface area (Å²) in [5.41, 5.74) is 2.20. The van der Waals surface area contributed by atoms with Gasteiger partial charge in [0, 0.05) is 11.1 Å². The quantitative estimate of drug-likeness (QED) is 0.747. The molecule has 0 amide bonds. The normalized spacial score (nSPS) is 24.7. The maximum absolute atomic E-state index is 6.00. The molecule has 78 valence electrons. The van der Waals surface area contributed by atoms with Gasteiger partial charge in [0.2, 0.25) is 0 Å². The molecule has 1 aliphatic carbocycles. The lowest BCUT2D eigenvalue weighted by Gasteiger charge is -2.01. The summed E-state index contributed by atoms with van der Waals surface area (Å²) in [7, 11) is 0. The van der Waals surface area contributed by atoms with Crippen LogP contribution in [0.15, 0.2) is 18.2 Å². The minimum Gasteiger partial charge on any atom is -0.331 e. The number of hydrogen-bond acceptors (Lipinski definition) is 1. The highest BCUT2D eigenvalue weighted by Crippen LogP contribution is 2.44. The summed E-state index contributed by atoms with van der Waals surface area (Å²) in [6.07, 6.45) is 1.22. The Bertz CT molecular complexity index is 584. The Morgan fingerprint density at radius 3 is 2.93 bits per heavy atom. The van der Waals surface area contributed by atoms with Crippen LogP contribution in [0.1, 0.15) is 19.4 Å². The van der Waals surface area contributed by atoms with E-state index < -0.39 is 0 Å². The lowest BCUT2D eigenvalue weighted by molar-refractivity contribution is 0.695. The van der Waals surface area contributed by atoms with Crippen molar-refractivity contribution in [3.05, 3.63) is 28.0 Å². The van der Waals surface area contributed by atoms with Crippen molar-refractivity contribution < 1.29 is 0 Å². The number of nitrogens with one attached hydrogen (secondary N) is 1. The monoisotopic (exact) mass is 238 g/mol. The molecule has 4 heteroatoms. The molecule has 2 nitrogen and oxygen atoms in total. The Morgan fingerprint density at radius 2 is 2.27 bits per heavy atom. The summed E-state index contributed by atoms with van der Waals surface area (Å²) in [5.74, 6) is 0.731. The molecule has 2 unspecified atom stereocenters. The summed E-state index contributed by atoms with van der Waals surface area (Å²) in [6.45, 7) is 2.25. The molecule has 0 saturated heterocycles. The molecular weight excluding hydrogens is 228 g/mol. The number of halogens is 1. The van der Waals surface area contributed by atoms with E-state index in [-0.39, 0.29) is 0 Å². The van der Waals surface area contributed by atoms with Crippen LogP contribution in [0.5, 0.6) is 0 Å². The summed E-state index contributed by atoms with van der Waals surface area (Å²) in [4.78, 5) is 3.22. The Kier molecular flexibility index (Phi) is 1.94. The average molecular weight is 239 g/mol. The fourth-order valence-electron chi connectivity index (χ4n) is 2.09. The van der Waals surface area contributed by atoms with Gasteiger partial charge in [0.25, 0.3) is 0 Å². The van der Waals surface area contributed by atoms with Crippen LogP contribution in [0.2, 0.25) is 5.02 Å². The molecule has 15 heavy (non-hydrogen) atoms. The van der Waals surface area contributed by atoms with Crippen LogP contribution in [-0.2, 0) is 0 Å². The van der Waals surface area contributed by atoms with Gasteiger partial charge in [-0.2, -0.15) is 0 Å². The van der Waals surface area contributed by atoms with Gasteiger partial charge in [-0.05, 0) is 42.8 Å². The molecule has 1 aliphatic rings. The van der Waals surface area contributed by atoms with Gasteiger partial charge >= 0.3 is 0 Å². The minimum atomic E-state index is 0.560. The van der Waals surface area contributed by atoms with E-state index in [0.717, 1.165) is 26.7 Å². The number of imidazole rings is 1. The van der Waals surface area contributed by atoms with Gasteiger partial charge < -0.3 is 9.55 Å². The molecule has 1 aromatic carbocycles. The first-order chi connectivity index (χ1) is 7.16. The van der Waals surface area contributed by atoms with Gasteiger partial charge in [0.1, 0.15) is 0 Å². The van der Waals surface area contributed by atoms with Crippen molar-refractivity contribution in [2.75, 3.05) is 0 Å². The van der Waals surface area contributed by atoms with Crippen LogP contribution < -0.4 is 0 Å². The van der Waals surface area contributed by atoms with Crippen LogP contribution in [-0.4, -0.2) is 9.55 Å². The van der Waals surface area contributed by atoms with E-state index in [0.29, 0.717) is 6.04 Å². The lowest BCUT2D eigenvalue weighted by atomic mass is 10.3. The first-order valence-electron chi connectivity index (χ1n) is 5.06. The van der Waals surface area contributed by atoms with Crippen LogP contribution in [0.3, 0.4) is 0 Å². The zero-order valence-corrected chi connectivity index (χ0v) is 9.90. The lowest BCUT2D eigenvalue weighted by Crippen LogP contribution is -1.94. The van der Waals surface area contributed by atoms with E-state index in [9.17, 15) is 0 Å².